The Bertz CT molecular complexity index is 293. The van der Waals surface area contributed by atoms with E-state index in [-0.39, 0.29) is 12.3 Å². The van der Waals surface area contributed by atoms with Crippen molar-refractivity contribution in [3.8, 4) is 0 Å². The van der Waals surface area contributed by atoms with Gasteiger partial charge in [-0.3, -0.25) is 4.79 Å². The Labute approximate surface area is 89.5 Å². The highest BCUT2D eigenvalue weighted by Gasteiger charge is 2.17. The Hall–Kier alpha value is -1.29. The van der Waals surface area contributed by atoms with Crippen molar-refractivity contribution in [2.45, 2.75) is 18.8 Å². The van der Waals surface area contributed by atoms with E-state index in [2.05, 4.69) is 0 Å². The molecule has 1 N–H and O–H groups in total. The second-order valence-electron chi connectivity index (χ2n) is 3.90. The van der Waals surface area contributed by atoms with Gasteiger partial charge in [0.05, 0.1) is 12.7 Å². The van der Waals surface area contributed by atoms with Crippen molar-refractivity contribution in [3.05, 3.63) is 24.2 Å². The Morgan fingerprint density at radius 2 is 2.33 bits per heavy atom. The molecule has 0 aliphatic heterocycles. The summed E-state index contributed by atoms with van der Waals surface area (Å²) in [7, 11) is 3.94. The second kappa shape index (κ2) is 5.56. The number of furan rings is 1. The lowest BCUT2D eigenvalue weighted by molar-refractivity contribution is -0.137. The monoisotopic (exact) mass is 211 g/mol. The minimum Gasteiger partial charge on any atom is -0.481 e. The van der Waals surface area contributed by atoms with Crippen LogP contribution in [-0.4, -0.2) is 36.6 Å². The predicted molar refractivity (Wildman–Crippen MR) is 56.9 cm³/mol. The van der Waals surface area contributed by atoms with Crippen molar-refractivity contribution in [2.75, 3.05) is 20.6 Å². The summed E-state index contributed by atoms with van der Waals surface area (Å²) in [5.74, 6) is -0.0469. The quantitative estimate of drug-likeness (QED) is 0.779. The molecule has 0 saturated heterocycles. The zero-order valence-corrected chi connectivity index (χ0v) is 9.14. The summed E-state index contributed by atoms with van der Waals surface area (Å²) < 4.78 is 5.25. The summed E-state index contributed by atoms with van der Waals surface area (Å²) in [6.07, 6.45) is 2.51. The van der Waals surface area contributed by atoms with Crippen LogP contribution in [-0.2, 0) is 4.79 Å². The fourth-order valence-electron chi connectivity index (χ4n) is 1.49. The summed E-state index contributed by atoms with van der Waals surface area (Å²) in [5, 5.41) is 8.79. The van der Waals surface area contributed by atoms with Gasteiger partial charge in [0.1, 0.15) is 5.76 Å². The van der Waals surface area contributed by atoms with Crippen molar-refractivity contribution >= 4 is 5.97 Å². The molecule has 0 amide bonds. The predicted octanol–water partition coefficient (Wildman–Crippen LogP) is 1.79. The van der Waals surface area contributed by atoms with E-state index in [9.17, 15) is 4.79 Å². The first-order valence-electron chi connectivity index (χ1n) is 4.99. The molecule has 15 heavy (non-hydrogen) atoms. The fraction of sp³-hybridized carbons (Fsp3) is 0.545. The Morgan fingerprint density at radius 1 is 1.60 bits per heavy atom. The molecule has 0 fully saturated rings. The average molecular weight is 211 g/mol. The van der Waals surface area contributed by atoms with Gasteiger partial charge in [-0.05, 0) is 39.2 Å². The van der Waals surface area contributed by atoms with Crippen molar-refractivity contribution in [1.29, 1.82) is 0 Å². The number of aliphatic carboxylic acids is 1. The number of carbonyl (C=O) groups is 1. The molecule has 4 nitrogen and oxygen atoms in total. The van der Waals surface area contributed by atoms with E-state index in [0.29, 0.717) is 0 Å². The molecule has 0 spiro atoms. The summed E-state index contributed by atoms with van der Waals surface area (Å²) >= 11 is 0. The first-order valence-corrected chi connectivity index (χ1v) is 4.99. The molecule has 1 rings (SSSR count). The molecule has 84 valence electrons. The van der Waals surface area contributed by atoms with Crippen LogP contribution in [0.2, 0.25) is 0 Å². The van der Waals surface area contributed by atoms with Crippen molar-refractivity contribution in [3.63, 3.8) is 0 Å². The third kappa shape index (κ3) is 4.16. The maximum absolute atomic E-state index is 10.7. The maximum Gasteiger partial charge on any atom is 0.304 e. The van der Waals surface area contributed by atoms with Crippen LogP contribution in [0.5, 0.6) is 0 Å². The lowest BCUT2D eigenvalue weighted by Gasteiger charge is -2.15. The molecule has 1 heterocycles. The van der Waals surface area contributed by atoms with Gasteiger partial charge in [0.25, 0.3) is 0 Å². The third-order valence-electron chi connectivity index (χ3n) is 2.29. The number of hydrogen-bond donors (Lipinski definition) is 1. The van der Waals surface area contributed by atoms with Crippen LogP contribution >= 0.6 is 0 Å². The highest BCUT2D eigenvalue weighted by atomic mass is 16.4. The van der Waals surface area contributed by atoms with Crippen molar-refractivity contribution in [2.24, 2.45) is 0 Å². The minimum atomic E-state index is -0.782. The summed E-state index contributed by atoms with van der Waals surface area (Å²) in [4.78, 5) is 12.7. The van der Waals surface area contributed by atoms with Crippen molar-refractivity contribution in [1.82, 2.24) is 4.90 Å². The lowest BCUT2D eigenvalue weighted by atomic mass is 9.98. The lowest BCUT2D eigenvalue weighted by Crippen LogP contribution is -2.17. The van der Waals surface area contributed by atoms with Crippen LogP contribution in [0.25, 0.3) is 0 Å². The molecule has 1 aromatic heterocycles. The molecule has 4 heteroatoms. The highest BCUT2D eigenvalue weighted by Crippen LogP contribution is 2.23. The molecule has 0 radical (unpaired) electrons. The Balaban J connectivity index is 2.57. The van der Waals surface area contributed by atoms with Gasteiger partial charge >= 0.3 is 5.97 Å². The van der Waals surface area contributed by atoms with E-state index in [0.717, 1.165) is 18.7 Å². The second-order valence-corrected chi connectivity index (χ2v) is 3.90. The smallest absolute Gasteiger partial charge is 0.304 e. The normalized spacial score (nSPS) is 13.0. The van der Waals surface area contributed by atoms with Crippen LogP contribution in [0.1, 0.15) is 24.5 Å². The van der Waals surface area contributed by atoms with Crippen LogP contribution in [0, 0.1) is 0 Å². The van der Waals surface area contributed by atoms with E-state index in [1.807, 2.05) is 25.1 Å². The number of carboxylic acids is 1. The fourth-order valence-corrected chi connectivity index (χ4v) is 1.49. The molecule has 1 atom stereocenters. The molecule has 1 aromatic rings. The Morgan fingerprint density at radius 3 is 2.80 bits per heavy atom. The summed E-state index contributed by atoms with van der Waals surface area (Å²) in [6.45, 7) is 0.860. The average Bonchev–Trinajstić information content (AvgIpc) is 2.63. The van der Waals surface area contributed by atoms with Gasteiger partial charge in [0.15, 0.2) is 0 Å². The van der Waals surface area contributed by atoms with Crippen LogP contribution in [0.3, 0.4) is 0 Å². The van der Waals surface area contributed by atoms with Gasteiger partial charge in [-0.25, -0.2) is 0 Å². The van der Waals surface area contributed by atoms with Crippen molar-refractivity contribution < 1.29 is 14.3 Å². The third-order valence-corrected chi connectivity index (χ3v) is 2.29. The zero-order valence-electron chi connectivity index (χ0n) is 9.14. The van der Waals surface area contributed by atoms with Gasteiger partial charge in [0.2, 0.25) is 0 Å². The molecule has 0 aliphatic carbocycles. The first kappa shape index (κ1) is 11.8. The molecule has 1 unspecified atom stereocenters. The molecular weight excluding hydrogens is 194 g/mol. The number of rotatable bonds is 6. The van der Waals surface area contributed by atoms with E-state index in [1.165, 1.54) is 0 Å². The van der Waals surface area contributed by atoms with Gasteiger partial charge in [-0.2, -0.15) is 0 Å². The van der Waals surface area contributed by atoms with E-state index in [1.54, 1.807) is 12.3 Å². The number of hydrogen-bond acceptors (Lipinski definition) is 3. The van der Waals surface area contributed by atoms with Crippen LogP contribution < -0.4 is 0 Å². The standard InChI is InChI=1S/C11H17NO3/c1-12(2)6-5-9(8-11(13)14)10-4-3-7-15-10/h3-4,7,9H,5-6,8H2,1-2H3,(H,13,14). The van der Waals surface area contributed by atoms with Crippen LogP contribution in [0.4, 0.5) is 0 Å². The molecule has 0 bridgehead atoms. The van der Waals surface area contributed by atoms with Crippen LogP contribution in [0.15, 0.2) is 22.8 Å². The highest BCUT2D eigenvalue weighted by molar-refractivity contribution is 5.67. The topological polar surface area (TPSA) is 53.7 Å². The maximum atomic E-state index is 10.7. The Kier molecular flexibility index (Phi) is 4.37. The van der Waals surface area contributed by atoms with E-state index < -0.39 is 5.97 Å². The molecular formula is C11H17NO3. The van der Waals surface area contributed by atoms with Gasteiger partial charge in [-0.15, -0.1) is 0 Å². The number of nitrogens with zero attached hydrogens (tertiary/aromatic N) is 1. The van der Waals surface area contributed by atoms with Gasteiger partial charge < -0.3 is 14.4 Å². The molecule has 0 saturated carbocycles. The summed E-state index contributed by atoms with van der Waals surface area (Å²) in [6, 6.07) is 3.63. The van der Waals surface area contributed by atoms with Gasteiger partial charge in [-0.1, -0.05) is 0 Å². The summed E-state index contributed by atoms with van der Waals surface area (Å²) in [5.41, 5.74) is 0. The van der Waals surface area contributed by atoms with Gasteiger partial charge in [0, 0.05) is 5.92 Å². The van der Waals surface area contributed by atoms with E-state index in [4.69, 9.17) is 9.52 Å². The molecule has 0 aromatic carbocycles. The van der Waals surface area contributed by atoms with E-state index >= 15 is 0 Å². The minimum absolute atomic E-state index is 0.0279. The largest absolute Gasteiger partial charge is 0.481 e. The zero-order chi connectivity index (χ0) is 11.3. The SMILES string of the molecule is CN(C)CCC(CC(=O)O)c1ccco1. The number of carboxylic acid groups (broad SMARTS) is 1. The molecule has 0 aliphatic rings. The first-order chi connectivity index (χ1) is 7.09.